The molecule has 100 valence electrons. The molecule has 1 rings (SSSR count). The Morgan fingerprint density at radius 3 is 2.42 bits per heavy atom. The van der Waals surface area contributed by atoms with Crippen LogP contribution in [0.1, 0.15) is 12.5 Å². The van der Waals surface area contributed by atoms with E-state index in [9.17, 15) is 9.59 Å². The number of carbonyl (C=O) groups excluding carboxylic acids is 2. The number of benzene rings is 1. The summed E-state index contributed by atoms with van der Waals surface area (Å²) in [5.41, 5.74) is 0.914. The predicted molar refractivity (Wildman–Crippen MR) is 70.9 cm³/mol. The number of hydrogen-bond donors (Lipinski definition) is 2. The van der Waals surface area contributed by atoms with Crippen LogP contribution in [0.4, 0.5) is 0 Å². The number of nitriles is 1. The summed E-state index contributed by atoms with van der Waals surface area (Å²) in [6.07, 6.45) is 0.337. The number of amides is 2. The zero-order valence-corrected chi connectivity index (χ0v) is 11.0. The highest BCUT2D eigenvalue weighted by atomic mass is 16.2. The topological polar surface area (TPSA) is 82.0 Å². The first kappa shape index (κ1) is 14.7. The maximum atomic E-state index is 11.9. The van der Waals surface area contributed by atoms with Crippen LogP contribution in [-0.4, -0.2) is 24.9 Å². The molecule has 2 atom stereocenters. The van der Waals surface area contributed by atoms with Crippen LogP contribution in [0.5, 0.6) is 0 Å². The summed E-state index contributed by atoms with van der Waals surface area (Å²) < 4.78 is 0. The van der Waals surface area contributed by atoms with Gasteiger partial charge in [-0.3, -0.25) is 9.59 Å². The third kappa shape index (κ3) is 4.43. The quantitative estimate of drug-likeness (QED) is 0.813. The molecule has 5 heteroatoms. The van der Waals surface area contributed by atoms with E-state index in [2.05, 4.69) is 10.6 Å². The van der Waals surface area contributed by atoms with Gasteiger partial charge in [0.1, 0.15) is 12.0 Å². The first-order valence-corrected chi connectivity index (χ1v) is 6.04. The lowest BCUT2D eigenvalue weighted by atomic mass is 9.99. The number of likely N-dealkylation sites (N-methyl/N-ethyl adjacent to an activating group) is 1. The number of carbonyl (C=O) groups is 2. The van der Waals surface area contributed by atoms with Crippen molar-refractivity contribution in [1.82, 2.24) is 10.6 Å². The van der Waals surface area contributed by atoms with Crippen LogP contribution in [0.2, 0.25) is 0 Å². The molecule has 0 saturated carbocycles. The fourth-order valence-corrected chi connectivity index (χ4v) is 1.64. The Kier molecular flexibility index (Phi) is 5.55. The van der Waals surface area contributed by atoms with Gasteiger partial charge in [-0.05, 0) is 18.9 Å². The van der Waals surface area contributed by atoms with Gasteiger partial charge in [0.05, 0.1) is 6.07 Å². The average Bonchev–Trinajstić information content (AvgIpc) is 2.44. The Bertz CT molecular complexity index is 479. The van der Waals surface area contributed by atoms with Crippen LogP contribution < -0.4 is 10.6 Å². The fourth-order valence-electron chi connectivity index (χ4n) is 1.64. The summed E-state index contributed by atoms with van der Waals surface area (Å²) in [6.45, 7) is 1.58. The molecule has 2 amide bonds. The van der Waals surface area contributed by atoms with Gasteiger partial charge in [0, 0.05) is 7.05 Å². The number of rotatable bonds is 5. The molecule has 0 bridgehead atoms. The number of nitrogens with zero attached hydrogens (tertiary/aromatic N) is 1. The van der Waals surface area contributed by atoms with Crippen molar-refractivity contribution in [1.29, 1.82) is 5.26 Å². The van der Waals surface area contributed by atoms with Crippen LogP contribution in [0, 0.1) is 17.2 Å². The van der Waals surface area contributed by atoms with Crippen molar-refractivity contribution in [2.45, 2.75) is 19.4 Å². The summed E-state index contributed by atoms with van der Waals surface area (Å²) in [6, 6.07) is 10.6. The second-order valence-electron chi connectivity index (χ2n) is 4.22. The van der Waals surface area contributed by atoms with Crippen LogP contribution in [-0.2, 0) is 16.0 Å². The van der Waals surface area contributed by atoms with Crippen molar-refractivity contribution in [2.75, 3.05) is 7.05 Å². The Morgan fingerprint density at radius 1 is 1.26 bits per heavy atom. The Balaban J connectivity index is 2.63. The van der Waals surface area contributed by atoms with Crippen LogP contribution in [0.3, 0.4) is 0 Å². The predicted octanol–water partition coefficient (Wildman–Crippen LogP) is 0.620. The molecule has 0 aliphatic heterocycles. The van der Waals surface area contributed by atoms with Crippen molar-refractivity contribution < 1.29 is 9.59 Å². The first-order chi connectivity index (χ1) is 9.08. The van der Waals surface area contributed by atoms with Gasteiger partial charge < -0.3 is 10.6 Å². The summed E-state index contributed by atoms with van der Waals surface area (Å²) in [4.78, 5) is 23.2. The van der Waals surface area contributed by atoms with Gasteiger partial charge in [0.2, 0.25) is 11.8 Å². The standard InChI is InChI=1S/C14H17N3O2/c1-10(13(18)16-2)17-14(19)12(9-15)8-11-6-4-3-5-7-11/h3-7,10,12H,8H2,1-2H3,(H,16,18)(H,17,19). The second-order valence-corrected chi connectivity index (χ2v) is 4.22. The van der Waals surface area contributed by atoms with E-state index < -0.39 is 17.9 Å². The Hall–Kier alpha value is -2.35. The maximum Gasteiger partial charge on any atom is 0.242 e. The largest absolute Gasteiger partial charge is 0.357 e. The summed E-state index contributed by atoms with van der Waals surface area (Å²) in [5, 5.41) is 14.0. The number of hydrogen-bond acceptors (Lipinski definition) is 3. The summed E-state index contributed by atoms with van der Waals surface area (Å²) in [5.74, 6) is -1.51. The molecule has 0 spiro atoms. The van der Waals surface area contributed by atoms with Crippen molar-refractivity contribution in [2.24, 2.45) is 5.92 Å². The highest BCUT2D eigenvalue weighted by molar-refractivity contribution is 5.89. The van der Waals surface area contributed by atoms with E-state index in [4.69, 9.17) is 5.26 Å². The Morgan fingerprint density at radius 2 is 1.89 bits per heavy atom. The molecule has 0 heterocycles. The van der Waals surface area contributed by atoms with Gasteiger partial charge in [-0.15, -0.1) is 0 Å². The molecule has 0 aliphatic rings. The molecule has 0 aliphatic carbocycles. The maximum absolute atomic E-state index is 11.9. The molecule has 0 saturated heterocycles. The molecule has 2 N–H and O–H groups in total. The minimum Gasteiger partial charge on any atom is -0.357 e. The van der Waals surface area contributed by atoms with Crippen molar-refractivity contribution in [3.63, 3.8) is 0 Å². The van der Waals surface area contributed by atoms with Crippen molar-refractivity contribution in [3.05, 3.63) is 35.9 Å². The van der Waals surface area contributed by atoms with Crippen molar-refractivity contribution in [3.8, 4) is 6.07 Å². The molecular weight excluding hydrogens is 242 g/mol. The minimum absolute atomic E-state index is 0.287. The van der Waals surface area contributed by atoms with Gasteiger partial charge in [0.25, 0.3) is 0 Å². The smallest absolute Gasteiger partial charge is 0.242 e. The molecule has 19 heavy (non-hydrogen) atoms. The first-order valence-electron chi connectivity index (χ1n) is 6.04. The lowest BCUT2D eigenvalue weighted by Gasteiger charge is -2.15. The minimum atomic E-state index is -0.797. The van der Waals surface area contributed by atoms with Gasteiger partial charge in [-0.25, -0.2) is 0 Å². The molecule has 0 fully saturated rings. The van der Waals surface area contributed by atoms with Gasteiger partial charge >= 0.3 is 0 Å². The summed E-state index contributed by atoms with van der Waals surface area (Å²) in [7, 11) is 1.50. The average molecular weight is 259 g/mol. The van der Waals surface area contributed by atoms with E-state index >= 15 is 0 Å². The molecule has 1 aromatic rings. The van der Waals surface area contributed by atoms with E-state index in [0.717, 1.165) is 5.56 Å². The molecule has 0 radical (unpaired) electrons. The molecule has 0 aromatic heterocycles. The molecular formula is C14H17N3O2. The summed E-state index contributed by atoms with van der Waals surface area (Å²) >= 11 is 0. The fraction of sp³-hybridized carbons (Fsp3) is 0.357. The van der Waals surface area contributed by atoms with Gasteiger partial charge in [-0.2, -0.15) is 5.26 Å². The van der Waals surface area contributed by atoms with Crippen LogP contribution >= 0.6 is 0 Å². The van der Waals surface area contributed by atoms with E-state index in [-0.39, 0.29) is 5.91 Å². The highest BCUT2D eigenvalue weighted by Gasteiger charge is 2.22. The lowest BCUT2D eigenvalue weighted by molar-refractivity contribution is -0.129. The van der Waals surface area contributed by atoms with Crippen LogP contribution in [0.25, 0.3) is 0 Å². The molecule has 5 nitrogen and oxygen atoms in total. The highest BCUT2D eigenvalue weighted by Crippen LogP contribution is 2.08. The normalized spacial score (nSPS) is 12.9. The van der Waals surface area contributed by atoms with Crippen molar-refractivity contribution >= 4 is 11.8 Å². The van der Waals surface area contributed by atoms with Gasteiger partial charge in [0.15, 0.2) is 0 Å². The lowest BCUT2D eigenvalue weighted by Crippen LogP contribution is -2.45. The third-order valence-electron chi connectivity index (χ3n) is 2.75. The van der Waals surface area contributed by atoms with Crippen LogP contribution in [0.15, 0.2) is 30.3 Å². The third-order valence-corrected chi connectivity index (χ3v) is 2.75. The van der Waals surface area contributed by atoms with E-state index in [0.29, 0.717) is 6.42 Å². The zero-order chi connectivity index (χ0) is 14.3. The monoisotopic (exact) mass is 259 g/mol. The van der Waals surface area contributed by atoms with E-state index in [1.165, 1.54) is 7.05 Å². The van der Waals surface area contributed by atoms with Gasteiger partial charge in [-0.1, -0.05) is 30.3 Å². The Labute approximate surface area is 112 Å². The molecule has 1 aromatic carbocycles. The number of nitrogens with one attached hydrogen (secondary N) is 2. The molecule has 2 unspecified atom stereocenters. The van der Waals surface area contributed by atoms with E-state index in [1.807, 2.05) is 36.4 Å². The van der Waals surface area contributed by atoms with E-state index in [1.54, 1.807) is 6.92 Å². The zero-order valence-electron chi connectivity index (χ0n) is 11.0. The SMILES string of the molecule is CNC(=O)C(C)NC(=O)C(C#N)Cc1ccccc1. The second kappa shape index (κ2) is 7.17.